The van der Waals surface area contributed by atoms with Crippen molar-refractivity contribution in [3.8, 4) is 11.5 Å². The van der Waals surface area contributed by atoms with Gasteiger partial charge >= 0.3 is 0 Å². The van der Waals surface area contributed by atoms with Crippen molar-refractivity contribution in [2.24, 2.45) is 0 Å². The smallest absolute Gasteiger partial charge is 0.295 e. The molecule has 0 aliphatic carbocycles. The van der Waals surface area contributed by atoms with Gasteiger partial charge in [-0.2, -0.15) is 0 Å². The highest BCUT2D eigenvalue weighted by atomic mass is 16.5. The molecule has 2 aliphatic rings. The van der Waals surface area contributed by atoms with Crippen LogP contribution in [-0.4, -0.2) is 89.6 Å². The number of likely N-dealkylation sites (tertiary alicyclic amines) is 1. The van der Waals surface area contributed by atoms with Crippen molar-refractivity contribution in [1.82, 2.24) is 19.2 Å². The predicted octanol–water partition coefficient (Wildman–Crippen LogP) is 2.72. The van der Waals surface area contributed by atoms with Crippen LogP contribution in [-0.2, 0) is 14.3 Å². The molecule has 3 aromatic rings. The number of amides is 1. The van der Waals surface area contributed by atoms with Gasteiger partial charge in [-0.3, -0.25) is 18.9 Å². The van der Waals surface area contributed by atoms with Gasteiger partial charge in [-0.25, -0.2) is 4.98 Å². The number of hydrogen-bond acceptors (Lipinski definition) is 8. The molecule has 4 heterocycles. The Hall–Kier alpha value is -3.89. The minimum Gasteiger partial charge on any atom is -0.505 e. The molecule has 10 heteroatoms. The van der Waals surface area contributed by atoms with Gasteiger partial charge in [0, 0.05) is 32.4 Å². The summed E-state index contributed by atoms with van der Waals surface area (Å²) in [6.45, 7) is 7.37. The number of nitrogens with zero attached hydrogens (tertiary/aromatic N) is 4. The molecule has 5 rings (SSSR count). The first kappa shape index (κ1) is 25.7. The lowest BCUT2D eigenvalue weighted by Gasteiger charge is -2.31. The minimum atomic E-state index is -0.814. The van der Waals surface area contributed by atoms with Crippen LogP contribution >= 0.6 is 0 Å². The number of carbonyl (C=O) groups excluding carboxylic acids is 2. The van der Waals surface area contributed by atoms with Gasteiger partial charge in [0.25, 0.3) is 11.7 Å². The molecule has 38 heavy (non-hydrogen) atoms. The summed E-state index contributed by atoms with van der Waals surface area (Å²) in [5.74, 6) is -0.652. The molecule has 2 aromatic heterocycles. The Bertz CT molecular complexity index is 1420. The van der Waals surface area contributed by atoms with E-state index in [0.717, 1.165) is 18.7 Å². The number of pyridine rings is 1. The maximum atomic E-state index is 13.6. The summed E-state index contributed by atoms with van der Waals surface area (Å²) in [5.41, 5.74) is 3.21. The van der Waals surface area contributed by atoms with E-state index in [9.17, 15) is 14.7 Å². The fourth-order valence-corrected chi connectivity index (χ4v) is 5.28. The van der Waals surface area contributed by atoms with Crippen molar-refractivity contribution in [1.29, 1.82) is 0 Å². The zero-order valence-electron chi connectivity index (χ0n) is 22.1. The number of ketones is 1. The van der Waals surface area contributed by atoms with Crippen LogP contribution in [0.15, 0.2) is 42.1 Å². The van der Waals surface area contributed by atoms with Gasteiger partial charge in [0.2, 0.25) is 0 Å². The number of aromatic nitrogens is 2. The van der Waals surface area contributed by atoms with E-state index < -0.39 is 17.7 Å². The first-order valence-corrected chi connectivity index (χ1v) is 12.6. The second-order valence-electron chi connectivity index (χ2n) is 9.49. The van der Waals surface area contributed by atoms with Gasteiger partial charge in [0.05, 0.1) is 44.7 Å². The van der Waals surface area contributed by atoms with Crippen LogP contribution in [0.3, 0.4) is 0 Å². The minimum absolute atomic E-state index is 0.0237. The summed E-state index contributed by atoms with van der Waals surface area (Å²) in [5, 5.41) is 11.7. The van der Waals surface area contributed by atoms with Crippen LogP contribution < -0.4 is 9.47 Å². The summed E-state index contributed by atoms with van der Waals surface area (Å²) in [6, 6.07) is 8.24. The van der Waals surface area contributed by atoms with Crippen LogP contribution in [0.2, 0.25) is 0 Å². The van der Waals surface area contributed by atoms with Crippen molar-refractivity contribution >= 4 is 23.1 Å². The Morgan fingerprint density at radius 2 is 1.82 bits per heavy atom. The highest BCUT2D eigenvalue weighted by molar-refractivity contribution is 6.46. The number of methoxy groups -OCH3 is 2. The average molecular weight is 521 g/mol. The molecule has 2 saturated heterocycles. The first-order valence-electron chi connectivity index (χ1n) is 12.6. The molecular weight excluding hydrogens is 488 g/mol. The number of hydrogen-bond donors (Lipinski definition) is 1. The summed E-state index contributed by atoms with van der Waals surface area (Å²) in [6.07, 6.45) is 1.79. The van der Waals surface area contributed by atoms with E-state index in [2.05, 4.69) is 9.88 Å². The molecular formula is C28H32N4O6. The third kappa shape index (κ3) is 4.39. The van der Waals surface area contributed by atoms with Crippen LogP contribution in [0.25, 0.3) is 11.4 Å². The molecule has 200 valence electrons. The van der Waals surface area contributed by atoms with Crippen molar-refractivity contribution in [3.05, 3.63) is 64.6 Å². The Morgan fingerprint density at radius 3 is 2.53 bits per heavy atom. The molecule has 0 bridgehead atoms. The van der Waals surface area contributed by atoms with Gasteiger partial charge in [0.1, 0.15) is 11.3 Å². The molecule has 10 nitrogen and oxygen atoms in total. The number of aryl methyl sites for hydroxylation is 2. The third-order valence-corrected chi connectivity index (χ3v) is 7.27. The zero-order chi connectivity index (χ0) is 27.0. The molecule has 0 spiro atoms. The summed E-state index contributed by atoms with van der Waals surface area (Å²) in [4.78, 5) is 35.3. The zero-order valence-corrected chi connectivity index (χ0v) is 22.1. The molecule has 1 aromatic carbocycles. The average Bonchev–Trinajstić information content (AvgIpc) is 3.41. The Kier molecular flexibility index (Phi) is 7.09. The molecule has 0 saturated carbocycles. The molecule has 2 fully saturated rings. The van der Waals surface area contributed by atoms with Gasteiger partial charge in [-0.15, -0.1) is 0 Å². The highest BCUT2D eigenvalue weighted by Crippen LogP contribution is 2.42. The molecule has 1 amide bonds. The summed E-state index contributed by atoms with van der Waals surface area (Å²) < 4.78 is 18.1. The summed E-state index contributed by atoms with van der Waals surface area (Å²) in [7, 11) is 3.07. The SMILES string of the molecule is COc1ccc([C@H]2/C(=C(\O)c3c(C)nc4c(C)cccn34)C(=O)C(=O)N2CCN2CCOCC2)cc1OC. The second-order valence-corrected chi connectivity index (χ2v) is 9.49. The van der Waals surface area contributed by atoms with Crippen LogP contribution in [0.5, 0.6) is 11.5 Å². The Morgan fingerprint density at radius 1 is 1.08 bits per heavy atom. The molecule has 1 N–H and O–H groups in total. The lowest BCUT2D eigenvalue weighted by molar-refractivity contribution is -0.140. The number of Topliss-reactive ketones (excluding diaryl/α,β-unsaturated/α-hetero) is 1. The standard InChI is InChI=1S/C28H32N4O6/c1-17-6-5-9-31-23(18(2)29-27(17)31)25(33)22-24(19-7-8-20(36-3)21(16-19)37-4)32(28(35)26(22)34)11-10-30-12-14-38-15-13-30/h5-9,16,24,33H,10-15H2,1-4H3/b25-22+/t24-/m0/s1. The largest absolute Gasteiger partial charge is 0.505 e. The number of aliphatic hydroxyl groups is 1. The van der Waals surface area contributed by atoms with E-state index in [1.807, 2.05) is 19.1 Å². The quantitative estimate of drug-likeness (QED) is 0.288. The Labute approximate surface area is 221 Å². The fourth-order valence-electron chi connectivity index (χ4n) is 5.28. The van der Waals surface area contributed by atoms with Crippen molar-refractivity contribution in [3.63, 3.8) is 0 Å². The summed E-state index contributed by atoms with van der Waals surface area (Å²) >= 11 is 0. The van der Waals surface area contributed by atoms with Crippen molar-refractivity contribution in [2.75, 3.05) is 53.6 Å². The second kappa shape index (κ2) is 10.5. The number of fused-ring (bicyclic) bond motifs is 1. The number of ether oxygens (including phenoxy) is 3. The van der Waals surface area contributed by atoms with Crippen LogP contribution in [0.4, 0.5) is 0 Å². The number of imidazole rings is 1. The monoisotopic (exact) mass is 520 g/mol. The number of aliphatic hydroxyl groups excluding tert-OH is 1. The predicted molar refractivity (Wildman–Crippen MR) is 140 cm³/mol. The fraction of sp³-hybridized carbons (Fsp3) is 0.393. The normalized spacial score (nSPS) is 19.9. The van der Waals surface area contributed by atoms with Crippen molar-refractivity contribution < 1.29 is 28.9 Å². The van der Waals surface area contributed by atoms with Gasteiger partial charge < -0.3 is 24.2 Å². The first-order chi connectivity index (χ1) is 18.3. The van der Waals surface area contributed by atoms with E-state index in [-0.39, 0.29) is 11.3 Å². The third-order valence-electron chi connectivity index (χ3n) is 7.27. The lowest BCUT2D eigenvalue weighted by Crippen LogP contribution is -2.42. The van der Waals surface area contributed by atoms with Gasteiger partial charge in [0.15, 0.2) is 17.3 Å². The van der Waals surface area contributed by atoms with Crippen LogP contribution in [0.1, 0.15) is 28.6 Å². The highest BCUT2D eigenvalue weighted by Gasteiger charge is 2.46. The van der Waals surface area contributed by atoms with Crippen molar-refractivity contribution in [2.45, 2.75) is 19.9 Å². The van der Waals surface area contributed by atoms with E-state index in [1.165, 1.54) is 12.0 Å². The Balaban J connectivity index is 1.65. The molecule has 1 atom stereocenters. The number of rotatable bonds is 7. The molecule has 0 unspecified atom stereocenters. The lowest BCUT2D eigenvalue weighted by atomic mass is 9.96. The van der Waals surface area contributed by atoms with E-state index in [0.29, 0.717) is 60.4 Å². The van der Waals surface area contributed by atoms with E-state index >= 15 is 0 Å². The van der Waals surface area contributed by atoms with Gasteiger partial charge in [-0.1, -0.05) is 12.1 Å². The number of benzene rings is 1. The van der Waals surface area contributed by atoms with Crippen LogP contribution in [0, 0.1) is 13.8 Å². The molecule has 2 aliphatic heterocycles. The number of morpholine rings is 1. The number of carbonyl (C=O) groups is 2. The maximum Gasteiger partial charge on any atom is 0.295 e. The topological polar surface area (TPSA) is 106 Å². The van der Waals surface area contributed by atoms with E-state index in [4.69, 9.17) is 14.2 Å². The van der Waals surface area contributed by atoms with E-state index in [1.54, 1.807) is 42.8 Å². The molecule has 0 radical (unpaired) electrons. The maximum absolute atomic E-state index is 13.6. The van der Waals surface area contributed by atoms with Gasteiger partial charge in [-0.05, 0) is 43.2 Å².